The standard InChI is InChI=1S/C28H32N4O5S/c1-5-36-27(35)19-11-21(31(15(19)2)13-16-12-29-8-9-37-16)18-6-7-30-20-10-17(38-24(18)20)14-32-25(33)22-23(26(32)34)28(22,3)4/h6-7,10-11,16,22-23,29H,5,8-9,12-14H2,1-4H3. The zero-order valence-electron chi connectivity index (χ0n) is 22.1. The minimum absolute atomic E-state index is 0.0252. The molecule has 2 aliphatic heterocycles. The number of amides is 2. The van der Waals surface area contributed by atoms with Crippen molar-refractivity contribution < 1.29 is 23.9 Å². The van der Waals surface area contributed by atoms with Gasteiger partial charge in [0.1, 0.15) is 0 Å². The average Bonchev–Trinajstić information content (AvgIpc) is 3.18. The fourth-order valence-corrected chi connectivity index (χ4v) is 7.17. The molecule has 2 amide bonds. The van der Waals surface area contributed by atoms with Crippen LogP contribution in [-0.4, -0.2) is 64.6 Å². The van der Waals surface area contributed by atoms with Gasteiger partial charge in [0.25, 0.3) is 0 Å². The normalized spacial score (nSPS) is 24.2. The molecule has 200 valence electrons. The Morgan fingerprint density at radius 2 is 2.03 bits per heavy atom. The second kappa shape index (κ2) is 9.29. The molecule has 3 unspecified atom stereocenters. The summed E-state index contributed by atoms with van der Waals surface area (Å²) >= 11 is 1.53. The van der Waals surface area contributed by atoms with Crippen LogP contribution >= 0.6 is 11.3 Å². The SMILES string of the molecule is CCOC(=O)c1cc(-c2ccnc3cc(CN4C(=O)C5C(C4=O)C5(C)C)sc23)n(CC2CNCCO2)c1C. The van der Waals surface area contributed by atoms with Crippen LogP contribution in [0.1, 0.15) is 41.7 Å². The number of fused-ring (bicyclic) bond motifs is 2. The van der Waals surface area contributed by atoms with Crippen molar-refractivity contribution in [3.8, 4) is 11.3 Å². The Morgan fingerprint density at radius 3 is 2.71 bits per heavy atom. The zero-order chi connectivity index (χ0) is 26.8. The number of hydrogen-bond acceptors (Lipinski definition) is 8. The van der Waals surface area contributed by atoms with E-state index in [2.05, 4.69) is 14.9 Å². The fourth-order valence-electron chi connectivity index (χ4n) is 6.04. The topological polar surface area (TPSA) is 103 Å². The summed E-state index contributed by atoms with van der Waals surface area (Å²) < 4.78 is 14.4. The van der Waals surface area contributed by atoms with E-state index in [1.165, 1.54) is 16.2 Å². The van der Waals surface area contributed by atoms with E-state index in [1.54, 1.807) is 13.1 Å². The van der Waals surface area contributed by atoms with Gasteiger partial charge < -0.3 is 19.4 Å². The predicted molar refractivity (Wildman–Crippen MR) is 143 cm³/mol. The molecule has 2 saturated heterocycles. The first-order valence-electron chi connectivity index (χ1n) is 13.1. The molecule has 0 aromatic carbocycles. The molecule has 10 heteroatoms. The molecule has 0 spiro atoms. The lowest BCUT2D eigenvalue weighted by Crippen LogP contribution is -2.41. The molecule has 3 aromatic heterocycles. The van der Waals surface area contributed by atoms with Crippen LogP contribution in [0.4, 0.5) is 0 Å². The number of nitrogens with zero attached hydrogens (tertiary/aromatic N) is 3. The van der Waals surface area contributed by atoms with Gasteiger partial charge in [-0.1, -0.05) is 13.8 Å². The molecule has 3 atom stereocenters. The van der Waals surface area contributed by atoms with Gasteiger partial charge in [-0.05, 0) is 37.5 Å². The lowest BCUT2D eigenvalue weighted by atomic mass is 10.1. The number of thiophene rings is 1. The number of imide groups is 1. The van der Waals surface area contributed by atoms with Crippen LogP contribution in [0.2, 0.25) is 0 Å². The summed E-state index contributed by atoms with van der Waals surface area (Å²) in [6.45, 7) is 11.1. The highest BCUT2D eigenvalue weighted by molar-refractivity contribution is 7.19. The van der Waals surface area contributed by atoms with Crippen LogP contribution in [0.5, 0.6) is 0 Å². The van der Waals surface area contributed by atoms with Crippen molar-refractivity contribution in [1.29, 1.82) is 0 Å². The summed E-state index contributed by atoms with van der Waals surface area (Å²) in [5.41, 5.74) is 3.75. The fraction of sp³-hybridized carbons (Fsp3) is 0.500. The number of aromatic nitrogens is 2. The first-order valence-corrected chi connectivity index (χ1v) is 14.0. The average molecular weight is 537 g/mol. The first kappa shape index (κ1) is 25.2. The molecule has 9 nitrogen and oxygen atoms in total. The molecule has 1 saturated carbocycles. The molecule has 38 heavy (non-hydrogen) atoms. The number of likely N-dealkylation sites (tertiary alicyclic amines) is 1. The summed E-state index contributed by atoms with van der Waals surface area (Å²) in [7, 11) is 0. The van der Waals surface area contributed by atoms with Crippen LogP contribution in [0.15, 0.2) is 24.4 Å². The maximum Gasteiger partial charge on any atom is 0.339 e. The van der Waals surface area contributed by atoms with Crippen molar-refractivity contribution in [3.63, 3.8) is 0 Å². The number of rotatable bonds is 7. The smallest absolute Gasteiger partial charge is 0.339 e. The van der Waals surface area contributed by atoms with E-state index in [-0.39, 0.29) is 47.7 Å². The number of esters is 1. The second-order valence-electron chi connectivity index (χ2n) is 10.9. The van der Waals surface area contributed by atoms with Crippen LogP contribution in [0.25, 0.3) is 21.5 Å². The molecule has 3 aliphatic rings. The number of nitrogens with one attached hydrogen (secondary N) is 1. The maximum atomic E-state index is 12.9. The minimum Gasteiger partial charge on any atom is -0.462 e. The summed E-state index contributed by atoms with van der Waals surface area (Å²) in [4.78, 5) is 45.5. The summed E-state index contributed by atoms with van der Waals surface area (Å²) in [6, 6.07) is 5.80. The van der Waals surface area contributed by atoms with Crippen LogP contribution in [0.3, 0.4) is 0 Å². The van der Waals surface area contributed by atoms with Gasteiger partial charge in [0.2, 0.25) is 11.8 Å². The molecule has 3 aromatic rings. The number of piperidine rings is 1. The van der Waals surface area contributed by atoms with Gasteiger partial charge in [0.05, 0.1) is 65.7 Å². The van der Waals surface area contributed by atoms with E-state index < -0.39 is 0 Å². The highest BCUT2D eigenvalue weighted by Crippen LogP contribution is 2.63. The molecule has 0 radical (unpaired) electrons. The monoisotopic (exact) mass is 536 g/mol. The lowest BCUT2D eigenvalue weighted by Gasteiger charge is -2.25. The van der Waals surface area contributed by atoms with Crippen molar-refractivity contribution in [2.75, 3.05) is 26.3 Å². The Kier molecular flexibility index (Phi) is 6.16. The number of morpholine rings is 1. The van der Waals surface area contributed by atoms with Crippen molar-refractivity contribution in [2.45, 2.75) is 46.9 Å². The summed E-state index contributed by atoms with van der Waals surface area (Å²) in [6.07, 6.45) is 1.73. The number of carbonyl (C=O) groups excluding carboxylic acids is 3. The summed E-state index contributed by atoms with van der Waals surface area (Å²) in [5, 5.41) is 3.37. The maximum absolute atomic E-state index is 12.9. The van der Waals surface area contributed by atoms with Gasteiger partial charge >= 0.3 is 5.97 Å². The van der Waals surface area contributed by atoms with Gasteiger partial charge in [0.15, 0.2) is 0 Å². The van der Waals surface area contributed by atoms with Crippen LogP contribution in [-0.2, 0) is 32.2 Å². The first-order chi connectivity index (χ1) is 18.2. The van der Waals surface area contributed by atoms with Gasteiger partial charge in [0, 0.05) is 35.4 Å². The Bertz CT molecular complexity index is 1430. The lowest BCUT2D eigenvalue weighted by molar-refractivity contribution is -0.143. The van der Waals surface area contributed by atoms with Crippen LogP contribution < -0.4 is 5.32 Å². The molecular weight excluding hydrogens is 504 g/mol. The molecule has 3 fully saturated rings. The molecule has 1 N–H and O–H groups in total. The van der Waals surface area contributed by atoms with Gasteiger partial charge in [-0.2, -0.15) is 0 Å². The van der Waals surface area contributed by atoms with E-state index in [1.807, 2.05) is 39.0 Å². The van der Waals surface area contributed by atoms with Crippen molar-refractivity contribution in [2.24, 2.45) is 17.3 Å². The summed E-state index contributed by atoms with van der Waals surface area (Å²) in [5.74, 6) is -0.873. The Labute approximate surface area is 225 Å². The Morgan fingerprint density at radius 1 is 1.26 bits per heavy atom. The molecule has 0 bridgehead atoms. The third-order valence-electron chi connectivity index (χ3n) is 8.20. The number of carbonyl (C=O) groups is 3. The number of ether oxygens (including phenoxy) is 2. The number of hydrogen-bond donors (Lipinski definition) is 1. The molecule has 6 rings (SSSR count). The predicted octanol–water partition coefficient (Wildman–Crippen LogP) is 3.38. The Balaban J connectivity index is 1.36. The second-order valence-corrected chi connectivity index (χ2v) is 12.0. The van der Waals surface area contributed by atoms with E-state index in [9.17, 15) is 14.4 Å². The Hall–Kier alpha value is -3.08. The highest BCUT2D eigenvalue weighted by atomic mass is 32.1. The molecule has 5 heterocycles. The van der Waals surface area contributed by atoms with E-state index >= 15 is 0 Å². The van der Waals surface area contributed by atoms with Gasteiger partial charge in [-0.25, -0.2) is 4.79 Å². The molecular formula is C28H32N4O5S. The van der Waals surface area contributed by atoms with E-state index in [0.29, 0.717) is 25.3 Å². The van der Waals surface area contributed by atoms with Crippen molar-refractivity contribution in [3.05, 3.63) is 40.5 Å². The van der Waals surface area contributed by atoms with E-state index in [0.717, 1.165) is 45.1 Å². The molecule has 1 aliphatic carbocycles. The van der Waals surface area contributed by atoms with E-state index in [4.69, 9.17) is 9.47 Å². The zero-order valence-corrected chi connectivity index (χ0v) is 22.9. The van der Waals surface area contributed by atoms with Gasteiger partial charge in [-0.15, -0.1) is 11.3 Å². The highest BCUT2D eigenvalue weighted by Gasteiger charge is 2.72. The van der Waals surface area contributed by atoms with Crippen molar-refractivity contribution in [1.82, 2.24) is 19.8 Å². The van der Waals surface area contributed by atoms with Gasteiger partial charge in [-0.3, -0.25) is 19.5 Å². The van der Waals surface area contributed by atoms with Crippen molar-refractivity contribution >= 4 is 39.3 Å². The largest absolute Gasteiger partial charge is 0.462 e. The third kappa shape index (κ3) is 3.97. The minimum atomic E-state index is -0.350. The van der Waals surface area contributed by atoms with Crippen LogP contribution in [0, 0.1) is 24.2 Å². The number of pyridine rings is 1. The quantitative estimate of drug-likeness (QED) is 0.365. The third-order valence-corrected chi connectivity index (χ3v) is 9.34.